The third-order valence-electron chi connectivity index (χ3n) is 4.67. The maximum absolute atomic E-state index is 5.04. The fourth-order valence-corrected chi connectivity index (χ4v) is 3.16. The predicted octanol–water partition coefficient (Wildman–Crippen LogP) is 6.53. The van der Waals surface area contributed by atoms with Gasteiger partial charge < -0.3 is 0 Å². The lowest BCUT2D eigenvalue weighted by Gasteiger charge is -2.17. The Morgan fingerprint density at radius 2 is 1.41 bits per heavy atom. The van der Waals surface area contributed by atoms with Crippen LogP contribution in [0.3, 0.4) is 0 Å². The molecular formula is C24H27N3. The minimum atomic E-state index is 0.420. The maximum Gasteiger partial charge on any atom is 0.0894 e. The van der Waals surface area contributed by atoms with Crippen molar-refractivity contribution >= 4 is 11.4 Å². The summed E-state index contributed by atoms with van der Waals surface area (Å²) in [6.07, 6.45) is 1.79. The molecule has 0 saturated heterocycles. The van der Waals surface area contributed by atoms with Crippen LogP contribution in [0, 0.1) is 0 Å². The topological polar surface area (TPSA) is 38.1 Å². The van der Waals surface area contributed by atoms with Crippen LogP contribution in [0.2, 0.25) is 0 Å². The van der Waals surface area contributed by atoms with Crippen molar-refractivity contribution in [2.75, 3.05) is 0 Å². The van der Waals surface area contributed by atoms with E-state index in [-0.39, 0.29) is 0 Å². The molecule has 3 nitrogen and oxygen atoms in total. The van der Waals surface area contributed by atoms with Gasteiger partial charge in [0.1, 0.15) is 0 Å². The number of nitrogens with zero attached hydrogens (tertiary/aromatic N) is 3. The second kappa shape index (κ2) is 8.26. The number of rotatable bonds is 5. The van der Waals surface area contributed by atoms with Crippen LogP contribution in [-0.2, 0) is 0 Å². The van der Waals surface area contributed by atoms with Crippen LogP contribution in [0.5, 0.6) is 0 Å². The molecular weight excluding hydrogens is 330 g/mol. The summed E-state index contributed by atoms with van der Waals surface area (Å²) in [5.74, 6) is 0.839. The van der Waals surface area contributed by atoms with Crippen molar-refractivity contribution in [3.63, 3.8) is 0 Å². The first kappa shape index (κ1) is 19.0. The Morgan fingerprint density at radius 1 is 0.778 bits per heavy atom. The van der Waals surface area contributed by atoms with Crippen LogP contribution in [0.1, 0.15) is 63.3 Å². The highest BCUT2D eigenvalue weighted by atomic mass is 14.8. The van der Waals surface area contributed by atoms with Gasteiger partial charge in [-0.15, -0.1) is 0 Å². The highest BCUT2D eigenvalue weighted by Crippen LogP contribution is 2.35. The third-order valence-corrected chi connectivity index (χ3v) is 4.67. The first-order valence-electron chi connectivity index (χ1n) is 9.54. The number of pyridine rings is 2. The van der Waals surface area contributed by atoms with Crippen LogP contribution in [0.25, 0.3) is 11.4 Å². The van der Waals surface area contributed by atoms with Crippen molar-refractivity contribution < 1.29 is 0 Å². The zero-order valence-electron chi connectivity index (χ0n) is 16.8. The third kappa shape index (κ3) is 4.30. The molecule has 0 amide bonds. The lowest BCUT2D eigenvalue weighted by molar-refractivity contribution is 0.834. The van der Waals surface area contributed by atoms with E-state index in [1.165, 1.54) is 11.1 Å². The number of para-hydroxylation sites is 1. The summed E-state index contributed by atoms with van der Waals surface area (Å²) in [7, 11) is 0. The van der Waals surface area contributed by atoms with E-state index in [1.54, 1.807) is 6.20 Å². The van der Waals surface area contributed by atoms with E-state index in [0.29, 0.717) is 11.8 Å². The Labute approximate surface area is 162 Å². The van der Waals surface area contributed by atoms with Gasteiger partial charge in [-0.1, -0.05) is 58.0 Å². The number of aliphatic imine (C=N–C) groups is 1. The van der Waals surface area contributed by atoms with Gasteiger partial charge in [0.05, 0.1) is 28.5 Å². The van der Waals surface area contributed by atoms with E-state index < -0.39 is 0 Å². The monoisotopic (exact) mass is 357 g/mol. The number of aromatic nitrogens is 2. The van der Waals surface area contributed by atoms with Gasteiger partial charge in [0.15, 0.2) is 0 Å². The maximum atomic E-state index is 5.04. The molecule has 0 fully saturated rings. The molecule has 3 aromatic rings. The van der Waals surface area contributed by atoms with Gasteiger partial charge in [-0.3, -0.25) is 9.98 Å². The molecule has 138 valence electrons. The molecule has 2 aromatic heterocycles. The van der Waals surface area contributed by atoms with Gasteiger partial charge in [-0.25, -0.2) is 4.98 Å². The van der Waals surface area contributed by atoms with Crippen LogP contribution < -0.4 is 0 Å². The van der Waals surface area contributed by atoms with E-state index in [0.717, 1.165) is 28.5 Å². The van der Waals surface area contributed by atoms with E-state index in [4.69, 9.17) is 9.98 Å². The van der Waals surface area contributed by atoms with Gasteiger partial charge in [0, 0.05) is 6.20 Å². The van der Waals surface area contributed by atoms with E-state index in [2.05, 4.69) is 50.9 Å². The first-order valence-corrected chi connectivity index (χ1v) is 9.54. The summed E-state index contributed by atoms with van der Waals surface area (Å²) in [4.78, 5) is 14.2. The molecule has 0 aliphatic heterocycles. The average Bonchev–Trinajstić information content (AvgIpc) is 2.68. The smallest absolute Gasteiger partial charge is 0.0894 e. The molecule has 3 heteroatoms. The number of hydrogen-bond donors (Lipinski definition) is 0. The molecule has 0 aliphatic rings. The average molecular weight is 358 g/mol. The molecule has 0 saturated carbocycles. The Kier molecular flexibility index (Phi) is 5.80. The second-order valence-corrected chi connectivity index (χ2v) is 7.41. The van der Waals surface area contributed by atoms with E-state index in [9.17, 15) is 0 Å². The van der Waals surface area contributed by atoms with Crippen molar-refractivity contribution in [2.24, 2.45) is 4.99 Å². The van der Waals surface area contributed by atoms with Gasteiger partial charge in [-0.05, 0) is 54.2 Å². The van der Waals surface area contributed by atoms with Gasteiger partial charge in [-0.2, -0.15) is 0 Å². The fraction of sp³-hybridized carbons (Fsp3) is 0.292. The van der Waals surface area contributed by atoms with Gasteiger partial charge in [0.25, 0.3) is 0 Å². The second-order valence-electron chi connectivity index (χ2n) is 7.41. The Bertz CT molecular complexity index is 915. The molecule has 2 heterocycles. The molecule has 0 radical (unpaired) electrons. The summed E-state index contributed by atoms with van der Waals surface area (Å²) in [6.45, 7) is 10.9. The molecule has 0 N–H and O–H groups in total. The van der Waals surface area contributed by atoms with Crippen LogP contribution >= 0.6 is 0 Å². The van der Waals surface area contributed by atoms with Crippen molar-refractivity contribution in [3.05, 3.63) is 77.6 Å². The van der Waals surface area contributed by atoms with Crippen molar-refractivity contribution in [2.45, 2.75) is 46.5 Å². The Balaban J connectivity index is 2.07. The van der Waals surface area contributed by atoms with Crippen molar-refractivity contribution in [1.29, 1.82) is 0 Å². The van der Waals surface area contributed by atoms with Gasteiger partial charge in [0.2, 0.25) is 0 Å². The zero-order chi connectivity index (χ0) is 19.4. The number of hydrogen-bond acceptors (Lipinski definition) is 3. The Morgan fingerprint density at radius 3 is 2.00 bits per heavy atom. The van der Waals surface area contributed by atoms with Crippen molar-refractivity contribution in [1.82, 2.24) is 9.97 Å². The summed E-state index contributed by atoms with van der Waals surface area (Å²) < 4.78 is 0. The minimum absolute atomic E-state index is 0.420. The van der Waals surface area contributed by atoms with Gasteiger partial charge >= 0.3 is 0 Å². The summed E-state index contributed by atoms with van der Waals surface area (Å²) >= 11 is 0. The lowest BCUT2D eigenvalue weighted by Crippen LogP contribution is -2.02. The van der Waals surface area contributed by atoms with Crippen molar-refractivity contribution in [3.8, 4) is 11.4 Å². The van der Waals surface area contributed by atoms with Crippen LogP contribution in [-0.4, -0.2) is 15.7 Å². The molecule has 0 bridgehead atoms. The molecule has 0 aliphatic carbocycles. The highest BCUT2D eigenvalue weighted by Gasteiger charge is 2.14. The molecule has 0 atom stereocenters. The molecule has 0 spiro atoms. The molecule has 27 heavy (non-hydrogen) atoms. The van der Waals surface area contributed by atoms with Crippen LogP contribution in [0.4, 0.5) is 5.69 Å². The standard InChI is InChI=1S/C24H27N3/c1-16(2)19-10-8-11-20(17(3)4)24(19)26-18(5)21-13-9-14-23(27-21)22-12-6-7-15-25-22/h6-17H,1-5H3. The highest BCUT2D eigenvalue weighted by molar-refractivity contribution is 5.99. The zero-order valence-corrected chi connectivity index (χ0v) is 16.8. The molecule has 0 unspecified atom stereocenters. The molecule has 1 aromatic carbocycles. The van der Waals surface area contributed by atoms with E-state index >= 15 is 0 Å². The quantitative estimate of drug-likeness (QED) is 0.487. The minimum Gasteiger partial charge on any atom is -0.255 e. The normalized spacial score (nSPS) is 12.0. The Hall–Kier alpha value is -2.81. The summed E-state index contributed by atoms with van der Waals surface area (Å²) in [5.41, 5.74) is 7.18. The summed E-state index contributed by atoms with van der Waals surface area (Å²) in [5, 5.41) is 0. The number of benzene rings is 1. The van der Waals surface area contributed by atoms with E-state index in [1.807, 2.05) is 43.3 Å². The summed E-state index contributed by atoms with van der Waals surface area (Å²) in [6, 6.07) is 18.4. The largest absolute Gasteiger partial charge is 0.255 e. The predicted molar refractivity (Wildman–Crippen MR) is 114 cm³/mol. The first-order chi connectivity index (χ1) is 13.0. The fourth-order valence-electron chi connectivity index (χ4n) is 3.16. The molecule has 3 rings (SSSR count). The lowest BCUT2D eigenvalue weighted by atomic mass is 9.93. The SMILES string of the molecule is CC(=Nc1c(C(C)C)cccc1C(C)C)c1cccc(-c2ccccn2)n1. The van der Waals surface area contributed by atoms with Crippen LogP contribution in [0.15, 0.2) is 65.8 Å².